The molecule has 0 radical (unpaired) electrons. The van der Waals surface area contributed by atoms with Gasteiger partial charge in [-0.3, -0.25) is 0 Å². The predicted molar refractivity (Wildman–Crippen MR) is 33.8 cm³/mol. The molecule has 1 aliphatic rings. The summed E-state index contributed by atoms with van der Waals surface area (Å²) in [6.07, 6.45) is 1.04. The third-order valence-corrected chi connectivity index (χ3v) is 1.93. The summed E-state index contributed by atoms with van der Waals surface area (Å²) in [6.45, 7) is 0.158. The lowest BCUT2D eigenvalue weighted by Crippen LogP contribution is -2.28. The van der Waals surface area contributed by atoms with E-state index >= 15 is 0 Å². The summed E-state index contributed by atoms with van der Waals surface area (Å²) in [5.41, 5.74) is 5.48. The second-order valence-corrected chi connectivity index (χ2v) is 2.75. The maximum atomic E-state index is 9.06. The Bertz CT molecular complexity index is 87.1. The smallest absolute Gasteiger partial charge is 0.0694 e. The van der Waals surface area contributed by atoms with Crippen LogP contribution < -0.4 is 5.73 Å². The molecule has 0 amide bonds. The highest BCUT2D eigenvalue weighted by atomic mass is 16.3. The molecule has 3 atom stereocenters. The van der Waals surface area contributed by atoms with Crippen molar-refractivity contribution < 1.29 is 10.2 Å². The molecule has 0 aromatic carbocycles. The van der Waals surface area contributed by atoms with Crippen molar-refractivity contribution >= 4 is 0 Å². The molecule has 1 fully saturated rings. The molecule has 9 heavy (non-hydrogen) atoms. The number of aliphatic hydroxyl groups excluding tert-OH is 2. The predicted octanol–water partition coefficient (Wildman–Crippen LogP) is -0.923. The molecule has 1 aliphatic carbocycles. The zero-order chi connectivity index (χ0) is 6.85. The zero-order valence-corrected chi connectivity index (χ0v) is 5.33. The van der Waals surface area contributed by atoms with E-state index in [2.05, 4.69) is 0 Å². The minimum absolute atomic E-state index is 0.109. The molecule has 0 spiro atoms. The quantitative estimate of drug-likeness (QED) is 0.431. The van der Waals surface area contributed by atoms with Crippen LogP contribution >= 0.6 is 0 Å². The highest BCUT2D eigenvalue weighted by Gasteiger charge is 2.29. The molecule has 0 unspecified atom stereocenters. The Morgan fingerprint density at radius 3 is 2.33 bits per heavy atom. The Labute approximate surface area is 54.5 Å². The van der Waals surface area contributed by atoms with Crippen LogP contribution in [0.2, 0.25) is 0 Å². The van der Waals surface area contributed by atoms with Crippen LogP contribution in [0, 0.1) is 5.92 Å². The van der Waals surface area contributed by atoms with Crippen LogP contribution in [0.3, 0.4) is 0 Å². The summed E-state index contributed by atoms with van der Waals surface area (Å²) in [5.74, 6) is 0.231. The van der Waals surface area contributed by atoms with Crippen molar-refractivity contribution in [3.05, 3.63) is 0 Å². The van der Waals surface area contributed by atoms with Crippen molar-refractivity contribution in [3.8, 4) is 0 Å². The van der Waals surface area contributed by atoms with Gasteiger partial charge in [-0.2, -0.15) is 0 Å². The fourth-order valence-corrected chi connectivity index (χ4v) is 1.30. The van der Waals surface area contributed by atoms with Gasteiger partial charge in [0.05, 0.1) is 6.10 Å². The molecule has 4 N–H and O–H groups in total. The lowest BCUT2D eigenvalue weighted by Gasteiger charge is -2.04. The summed E-state index contributed by atoms with van der Waals surface area (Å²) in [7, 11) is 0. The van der Waals surface area contributed by atoms with Gasteiger partial charge in [-0.15, -0.1) is 0 Å². The molecule has 0 bridgehead atoms. The first-order chi connectivity index (χ1) is 4.24. The summed E-state index contributed by atoms with van der Waals surface area (Å²) >= 11 is 0. The van der Waals surface area contributed by atoms with Crippen LogP contribution in [0.4, 0.5) is 0 Å². The lowest BCUT2D eigenvalue weighted by molar-refractivity contribution is 0.153. The number of aliphatic hydroxyl groups is 2. The average Bonchev–Trinajstić information content (AvgIpc) is 2.13. The fraction of sp³-hybridized carbons (Fsp3) is 1.00. The van der Waals surface area contributed by atoms with Gasteiger partial charge < -0.3 is 15.9 Å². The van der Waals surface area contributed by atoms with Crippen LogP contribution in [-0.4, -0.2) is 29.0 Å². The van der Waals surface area contributed by atoms with Gasteiger partial charge in [0.2, 0.25) is 0 Å². The summed E-state index contributed by atoms with van der Waals surface area (Å²) in [6, 6.07) is -0.109. The van der Waals surface area contributed by atoms with Crippen molar-refractivity contribution in [2.45, 2.75) is 25.0 Å². The summed E-state index contributed by atoms with van der Waals surface area (Å²) in [4.78, 5) is 0. The molecule has 0 aliphatic heterocycles. The van der Waals surface area contributed by atoms with Crippen molar-refractivity contribution in [3.63, 3.8) is 0 Å². The maximum Gasteiger partial charge on any atom is 0.0694 e. The van der Waals surface area contributed by atoms with Crippen molar-refractivity contribution in [2.75, 3.05) is 6.61 Å². The molecule has 1 rings (SSSR count). The van der Waals surface area contributed by atoms with Crippen molar-refractivity contribution in [2.24, 2.45) is 11.7 Å². The average molecular weight is 131 g/mol. The Hall–Kier alpha value is -0.120. The molecule has 0 aromatic rings. The first-order valence-corrected chi connectivity index (χ1v) is 3.28. The van der Waals surface area contributed by atoms with E-state index in [1.54, 1.807) is 0 Å². The van der Waals surface area contributed by atoms with E-state index in [0.29, 0.717) is 6.42 Å². The molecule has 1 saturated carbocycles. The molecular formula is C6H13NO2. The molecule has 0 heterocycles. The minimum Gasteiger partial charge on any atom is -0.396 e. The number of nitrogens with two attached hydrogens (primary N) is 1. The van der Waals surface area contributed by atoms with Gasteiger partial charge in [0.25, 0.3) is 0 Å². The minimum atomic E-state index is -0.387. The summed E-state index contributed by atoms with van der Waals surface area (Å²) in [5, 5.41) is 17.7. The molecule has 0 saturated heterocycles. The Balaban J connectivity index is 2.35. The third-order valence-electron chi connectivity index (χ3n) is 1.93. The first kappa shape index (κ1) is 6.99. The van der Waals surface area contributed by atoms with E-state index in [1.807, 2.05) is 0 Å². The topological polar surface area (TPSA) is 66.5 Å². The third kappa shape index (κ3) is 1.41. The van der Waals surface area contributed by atoms with Gasteiger partial charge in [0.1, 0.15) is 0 Å². The Morgan fingerprint density at radius 2 is 2.11 bits per heavy atom. The van der Waals surface area contributed by atoms with Crippen LogP contribution in [0.15, 0.2) is 0 Å². The van der Waals surface area contributed by atoms with Gasteiger partial charge in [-0.05, 0) is 18.8 Å². The normalized spacial score (nSPS) is 43.7. The van der Waals surface area contributed by atoms with Crippen molar-refractivity contribution in [1.82, 2.24) is 0 Å². The maximum absolute atomic E-state index is 9.06. The molecule has 0 aromatic heterocycles. The number of hydrogen-bond acceptors (Lipinski definition) is 3. The Morgan fingerprint density at radius 1 is 1.44 bits per heavy atom. The Kier molecular flexibility index (Phi) is 2.05. The van der Waals surface area contributed by atoms with Crippen LogP contribution in [-0.2, 0) is 0 Å². The lowest BCUT2D eigenvalue weighted by atomic mass is 10.1. The SMILES string of the molecule is N[C@@H]1C[C@H](CO)C[C@@H]1O. The van der Waals surface area contributed by atoms with E-state index in [1.165, 1.54) is 0 Å². The van der Waals surface area contributed by atoms with Gasteiger partial charge >= 0.3 is 0 Å². The van der Waals surface area contributed by atoms with Crippen LogP contribution in [0.1, 0.15) is 12.8 Å². The largest absolute Gasteiger partial charge is 0.396 e. The second kappa shape index (κ2) is 2.64. The van der Waals surface area contributed by atoms with Gasteiger partial charge in [0, 0.05) is 12.6 Å². The highest BCUT2D eigenvalue weighted by Crippen LogP contribution is 2.23. The first-order valence-electron chi connectivity index (χ1n) is 3.28. The fourth-order valence-electron chi connectivity index (χ4n) is 1.30. The van der Waals surface area contributed by atoms with Crippen LogP contribution in [0.25, 0.3) is 0 Å². The number of rotatable bonds is 1. The molecule has 54 valence electrons. The van der Waals surface area contributed by atoms with Gasteiger partial charge in [-0.25, -0.2) is 0 Å². The summed E-state index contributed by atoms with van der Waals surface area (Å²) < 4.78 is 0. The van der Waals surface area contributed by atoms with Crippen molar-refractivity contribution in [1.29, 1.82) is 0 Å². The van der Waals surface area contributed by atoms with E-state index in [-0.39, 0.29) is 24.7 Å². The molecule has 3 nitrogen and oxygen atoms in total. The standard InChI is InChI=1S/C6H13NO2/c7-5-1-4(3-8)2-6(5)9/h4-6,8-9H,1-3,7H2/t4-,5+,6-/m0/s1. The van der Waals surface area contributed by atoms with Gasteiger partial charge in [0.15, 0.2) is 0 Å². The van der Waals surface area contributed by atoms with E-state index in [0.717, 1.165) is 6.42 Å². The van der Waals surface area contributed by atoms with E-state index in [9.17, 15) is 0 Å². The van der Waals surface area contributed by atoms with E-state index in [4.69, 9.17) is 15.9 Å². The zero-order valence-electron chi connectivity index (χ0n) is 5.33. The van der Waals surface area contributed by atoms with Gasteiger partial charge in [-0.1, -0.05) is 0 Å². The molecule has 3 heteroatoms. The van der Waals surface area contributed by atoms with E-state index < -0.39 is 0 Å². The molecular weight excluding hydrogens is 118 g/mol. The monoisotopic (exact) mass is 131 g/mol. The number of hydrogen-bond donors (Lipinski definition) is 3. The van der Waals surface area contributed by atoms with Crippen LogP contribution in [0.5, 0.6) is 0 Å². The second-order valence-electron chi connectivity index (χ2n) is 2.75. The highest BCUT2D eigenvalue weighted by molar-refractivity contribution is 4.85.